The van der Waals surface area contributed by atoms with Gasteiger partial charge in [0.2, 0.25) is 5.82 Å². The average molecular weight is 374 g/mol. The van der Waals surface area contributed by atoms with Crippen molar-refractivity contribution in [3.8, 4) is 28.1 Å². The van der Waals surface area contributed by atoms with E-state index in [1.54, 1.807) is 30.3 Å². The van der Waals surface area contributed by atoms with Crippen LogP contribution in [-0.4, -0.2) is 22.2 Å². The Bertz CT molecular complexity index is 1010. The zero-order valence-electron chi connectivity index (χ0n) is 13.7. The van der Waals surface area contributed by atoms with Gasteiger partial charge < -0.3 is 16.2 Å². The molecule has 4 N–H and O–H groups in total. The van der Waals surface area contributed by atoms with Crippen molar-refractivity contribution in [3.05, 3.63) is 60.4 Å². The molecule has 0 aliphatic rings. The number of carbonyl (C=O) groups excluding carboxylic acids is 1. The predicted molar refractivity (Wildman–Crippen MR) is 92.5 cm³/mol. The van der Waals surface area contributed by atoms with Crippen LogP contribution < -0.4 is 16.2 Å². The van der Waals surface area contributed by atoms with Gasteiger partial charge in [-0.05, 0) is 17.7 Å². The maximum atomic E-state index is 12.6. The minimum atomic E-state index is -4.81. The van der Waals surface area contributed by atoms with Gasteiger partial charge in [0, 0.05) is 17.2 Å². The molecule has 0 aliphatic heterocycles. The number of nitrogens with two attached hydrogens (primary N) is 2. The van der Waals surface area contributed by atoms with Crippen molar-refractivity contribution in [2.75, 3.05) is 5.73 Å². The lowest BCUT2D eigenvalue weighted by atomic mass is 10.0. The first-order valence-electron chi connectivity index (χ1n) is 7.63. The van der Waals surface area contributed by atoms with E-state index in [4.69, 9.17) is 11.5 Å². The van der Waals surface area contributed by atoms with E-state index >= 15 is 0 Å². The number of primary amides is 1. The fraction of sp³-hybridized carbons (Fsp3) is 0.0556. The minimum absolute atomic E-state index is 0.0417. The van der Waals surface area contributed by atoms with Gasteiger partial charge in [-0.15, -0.1) is 13.2 Å². The van der Waals surface area contributed by atoms with Crippen molar-refractivity contribution in [2.45, 2.75) is 6.36 Å². The molecular weight excluding hydrogens is 361 g/mol. The number of nitrogens with zero attached hydrogens (tertiary/aromatic N) is 2. The molecule has 3 aromatic rings. The molecule has 0 saturated carbocycles. The third-order valence-corrected chi connectivity index (χ3v) is 3.55. The summed E-state index contributed by atoms with van der Waals surface area (Å²) in [5.41, 5.74) is 12.4. The first-order chi connectivity index (χ1) is 12.7. The van der Waals surface area contributed by atoms with Crippen molar-refractivity contribution >= 4 is 11.7 Å². The highest BCUT2D eigenvalue weighted by Crippen LogP contribution is 2.35. The van der Waals surface area contributed by atoms with Gasteiger partial charge in [0.15, 0.2) is 0 Å². The van der Waals surface area contributed by atoms with Crippen LogP contribution in [0.3, 0.4) is 0 Å². The van der Waals surface area contributed by atoms with Crippen LogP contribution in [0.1, 0.15) is 10.6 Å². The summed E-state index contributed by atoms with van der Waals surface area (Å²) in [4.78, 5) is 19.1. The lowest BCUT2D eigenvalue weighted by molar-refractivity contribution is -0.274. The minimum Gasteiger partial charge on any atom is -0.405 e. The van der Waals surface area contributed by atoms with Crippen molar-refractivity contribution in [2.24, 2.45) is 5.73 Å². The summed E-state index contributed by atoms with van der Waals surface area (Å²) in [7, 11) is 0. The van der Waals surface area contributed by atoms with Crippen molar-refractivity contribution < 1.29 is 22.7 Å². The lowest BCUT2D eigenvalue weighted by Gasteiger charge is -2.14. The third-order valence-electron chi connectivity index (χ3n) is 3.55. The van der Waals surface area contributed by atoms with Crippen molar-refractivity contribution in [1.82, 2.24) is 9.97 Å². The molecule has 138 valence electrons. The van der Waals surface area contributed by atoms with Crippen LogP contribution in [0.25, 0.3) is 22.4 Å². The molecule has 0 unspecified atom stereocenters. The van der Waals surface area contributed by atoms with Crippen LogP contribution >= 0.6 is 0 Å². The van der Waals surface area contributed by atoms with Gasteiger partial charge in [-0.1, -0.05) is 36.4 Å². The Balaban J connectivity index is 2.07. The molecule has 0 atom stereocenters. The molecule has 2 aromatic carbocycles. The normalized spacial score (nSPS) is 11.2. The third kappa shape index (κ3) is 4.32. The number of carbonyl (C=O) groups is 1. The predicted octanol–water partition coefficient (Wildman–Crippen LogP) is 3.39. The van der Waals surface area contributed by atoms with Gasteiger partial charge in [0.05, 0.1) is 5.69 Å². The Morgan fingerprint density at radius 1 is 0.963 bits per heavy atom. The van der Waals surface area contributed by atoms with E-state index < -0.39 is 12.3 Å². The number of benzene rings is 2. The number of alkyl halides is 3. The van der Waals surface area contributed by atoms with E-state index in [1.807, 2.05) is 0 Å². The summed E-state index contributed by atoms with van der Waals surface area (Å²) in [6, 6.07) is 13.7. The molecule has 0 bridgehead atoms. The molecule has 1 heterocycles. The topological polar surface area (TPSA) is 104 Å². The van der Waals surface area contributed by atoms with Crippen LogP contribution in [0.15, 0.2) is 54.6 Å². The number of anilines is 1. The standard InChI is InChI=1S/C18H13F3N4O2/c19-18(20,21)27-14-7-2-1-6-12(14)10-4-3-5-11(8-10)13-9-15(22)25-17(24-13)16(23)26/h1-9H,(H2,23,26)(H2,22,24,25). The Hall–Kier alpha value is -3.62. The van der Waals surface area contributed by atoms with E-state index in [2.05, 4.69) is 14.7 Å². The number of ether oxygens (including phenoxy) is 1. The fourth-order valence-electron chi connectivity index (χ4n) is 2.49. The zero-order chi connectivity index (χ0) is 19.6. The molecule has 9 heteroatoms. The first-order valence-corrected chi connectivity index (χ1v) is 7.63. The molecular formula is C18H13F3N4O2. The van der Waals surface area contributed by atoms with Gasteiger partial charge in [0.25, 0.3) is 5.91 Å². The molecule has 0 saturated heterocycles. The summed E-state index contributed by atoms with van der Waals surface area (Å²) >= 11 is 0. The van der Waals surface area contributed by atoms with Crippen molar-refractivity contribution in [3.63, 3.8) is 0 Å². The smallest absolute Gasteiger partial charge is 0.405 e. The van der Waals surface area contributed by atoms with E-state index in [1.165, 1.54) is 24.3 Å². The molecule has 1 amide bonds. The summed E-state index contributed by atoms with van der Waals surface area (Å²) in [5.74, 6) is -1.39. The highest BCUT2D eigenvalue weighted by molar-refractivity contribution is 5.90. The number of amides is 1. The lowest BCUT2D eigenvalue weighted by Crippen LogP contribution is -2.17. The summed E-state index contributed by atoms with van der Waals surface area (Å²) in [6.07, 6.45) is -4.81. The van der Waals surface area contributed by atoms with Gasteiger partial charge in [-0.2, -0.15) is 0 Å². The first kappa shape index (κ1) is 18.2. The molecule has 0 radical (unpaired) electrons. The molecule has 3 rings (SSSR count). The quantitative estimate of drug-likeness (QED) is 0.728. The van der Waals surface area contributed by atoms with Gasteiger partial charge in [0.1, 0.15) is 11.6 Å². The number of aromatic nitrogens is 2. The summed E-state index contributed by atoms with van der Waals surface area (Å²) in [5, 5.41) is 0. The van der Waals surface area contributed by atoms with Crippen LogP contribution in [0.4, 0.5) is 19.0 Å². The number of rotatable bonds is 4. The number of nitrogen functional groups attached to an aromatic ring is 1. The maximum Gasteiger partial charge on any atom is 0.573 e. The van der Waals surface area contributed by atoms with Crippen LogP contribution in [-0.2, 0) is 0 Å². The van der Waals surface area contributed by atoms with Gasteiger partial charge >= 0.3 is 6.36 Å². The Labute approximate surface area is 151 Å². The zero-order valence-corrected chi connectivity index (χ0v) is 13.7. The molecule has 0 fully saturated rings. The second kappa shape index (κ2) is 6.94. The molecule has 0 aliphatic carbocycles. The van der Waals surface area contributed by atoms with Crippen molar-refractivity contribution in [1.29, 1.82) is 0 Å². The number of para-hydroxylation sites is 1. The Kier molecular flexibility index (Phi) is 4.68. The maximum absolute atomic E-state index is 12.6. The van der Waals surface area contributed by atoms with Crippen LogP contribution in [0, 0.1) is 0 Å². The number of hydrogen-bond donors (Lipinski definition) is 2. The van der Waals surface area contributed by atoms with Crippen LogP contribution in [0.5, 0.6) is 5.75 Å². The number of halogens is 3. The highest BCUT2D eigenvalue weighted by atomic mass is 19.4. The summed E-state index contributed by atoms with van der Waals surface area (Å²) < 4.78 is 42.0. The molecule has 6 nitrogen and oxygen atoms in total. The Morgan fingerprint density at radius 2 is 1.67 bits per heavy atom. The van der Waals surface area contributed by atoms with Crippen LogP contribution in [0.2, 0.25) is 0 Å². The van der Waals surface area contributed by atoms with E-state index in [-0.39, 0.29) is 23.0 Å². The van der Waals surface area contributed by atoms with Gasteiger partial charge in [-0.3, -0.25) is 4.79 Å². The van der Waals surface area contributed by atoms with E-state index in [0.717, 1.165) is 0 Å². The fourth-order valence-corrected chi connectivity index (χ4v) is 2.49. The second-order valence-electron chi connectivity index (χ2n) is 5.49. The molecule has 0 spiro atoms. The van der Waals surface area contributed by atoms with Gasteiger partial charge in [-0.25, -0.2) is 9.97 Å². The Morgan fingerprint density at radius 3 is 2.37 bits per heavy atom. The number of hydrogen-bond acceptors (Lipinski definition) is 5. The second-order valence-corrected chi connectivity index (χ2v) is 5.49. The average Bonchev–Trinajstić information content (AvgIpc) is 2.60. The molecule has 1 aromatic heterocycles. The highest BCUT2D eigenvalue weighted by Gasteiger charge is 2.32. The molecule has 27 heavy (non-hydrogen) atoms. The monoisotopic (exact) mass is 374 g/mol. The van der Waals surface area contributed by atoms with E-state index in [9.17, 15) is 18.0 Å². The van der Waals surface area contributed by atoms with E-state index in [0.29, 0.717) is 16.8 Å². The SMILES string of the molecule is NC(=O)c1nc(N)cc(-c2cccc(-c3ccccc3OC(F)(F)F)c2)n1. The largest absolute Gasteiger partial charge is 0.573 e. The summed E-state index contributed by atoms with van der Waals surface area (Å²) in [6.45, 7) is 0.